The lowest BCUT2D eigenvalue weighted by Crippen LogP contribution is -2.40. The van der Waals surface area contributed by atoms with Crippen molar-refractivity contribution in [1.82, 2.24) is 4.90 Å². The second-order valence-corrected chi connectivity index (χ2v) is 4.50. The summed E-state index contributed by atoms with van der Waals surface area (Å²) in [6.45, 7) is 6.35. The summed E-state index contributed by atoms with van der Waals surface area (Å²) >= 11 is 0. The molecule has 0 aromatic heterocycles. The fourth-order valence-electron chi connectivity index (χ4n) is 1.47. The number of hydrogen-bond donors (Lipinski definition) is 0. The number of carbonyl (C=O) groups is 2. The molecule has 1 atom stereocenters. The van der Waals surface area contributed by atoms with E-state index >= 15 is 0 Å². The average molecular weight is 215 g/mol. The molecule has 1 rings (SSSR count). The number of ether oxygens (including phenoxy) is 2. The molecule has 1 aliphatic heterocycles. The van der Waals surface area contributed by atoms with Gasteiger partial charge in [0.1, 0.15) is 5.60 Å². The third-order valence-electron chi connectivity index (χ3n) is 2.04. The average Bonchev–Trinajstić information content (AvgIpc) is 2.49. The number of rotatable bonds is 2. The van der Waals surface area contributed by atoms with Gasteiger partial charge in [-0.2, -0.15) is 0 Å². The minimum absolute atomic E-state index is 0.368. The summed E-state index contributed by atoms with van der Waals surface area (Å²) < 4.78 is 9.98. The van der Waals surface area contributed by atoms with E-state index in [0.29, 0.717) is 19.4 Å². The Morgan fingerprint density at radius 1 is 1.47 bits per heavy atom. The molecule has 5 heteroatoms. The number of carbonyl (C=O) groups excluding carboxylic acids is 2. The third-order valence-corrected chi connectivity index (χ3v) is 2.04. The van der Waals surface area contributed by atoms with Gasteiger partial charge < -0.3 is 9.47 Å². The van der Waals surface area contributed by atoms with Crippen molar-refractivity contribution in [2.75, 3.05) is 6.54 Å². The maximum atomic E-state index is 11.7. The van der Waals surface area contributed by atoms with E-state index in [1.54, 1.807) is 20.8 Å². The highest BCUT2D eigenvalue weighted by Crippen LogP contribution is 2.20. The lowest BCUT2D eigenvalue weighted by atomic mass is 10.2. The molecule has 0 aromatic carbocycles. The summed E-state index contributed by atoms with van der Waals surface area (Å²) in [7, 11) is 0. The molecule has 0 aliphatic carbocycles. The van der Waals surface area contributed by atoms with E-state index in [4.69, 9.17) is 9.47 Å². The normalized spacial score (nSPS) is 21.3. The van der Waals surface area contributed by atoms with E-state index in [1.165, 1.54) is 4.90 Å². The van der Waals surface area contributed by atoms with Gasteiger partial charge in [-0.3, -0.25) is 9.69 Å². The monoisotopic (exact) mass is 215 g/mol. The Morgan fingerprint density at radius 2 is 2.13 bits per heavy atom. The van der Waals surface area contributed by atoms with E-state index < -0.39 is 17.9 Å². The van der Waals surface area contributed by atoms with Gasteiger partial charge in [-0.05, 0) is 27.2 Å². The predicted octanol–water partition coefficient (Wildman–Crippen LogP) is 1.52. The summed E-state index contributed by atoms with van der Waals surface area (Å²) in [6, 6.07) is 0. The number of nitrogens with zero attached hydrogens (tertiary/aromatic N) is 1. The van der Waals surface area contributed by atoms with E-state index in [-0.39, 0.29) is 0 Å². The largest absolute Gasteiger partial charge is 0.444 e. The fourth-order valence-corrected chi connectivity index (χ4v) is 1.47. The molecule has 1 fully saturated rings. The first-order valence-corrected chi connectivity index (χ1v) is 5.03. The Labute approximate surface area is 89.3 Å². The van der Waals surface area contributed by atoms with Crippen molar-refractivity contribution in [1.29, 1.82) is 0 Å². The Morgan fingerprint density at radius 3 is 2.67 bits per heavy atom. The first-order chi connectivity index (χ1) is 6.94. The zero-order chi connectivity index (χ0) is 11.5. The van der Waals surface area contributed by atoms with Crippen LogP contribution in [0.25, 0.3) is 0 Å². The first kappa shape index (κ1) is 11.8. The molecule has 1 heterocycles. The smallest absolute Gasteiger partial charge is 0.413 e. The lowest BCUT2D eigenvalue weighted by molar-refractivity contribution is -0.139. The molecule has 0 spiro atoms. The van der Waals surface area contributed by atoms with E-state index in [9.17, 15) is 9.59 Å². The van der Waals surface area contributed by atoms with Crippen molar-refractivity contribution in [2.45, 2.75) is 45.4 Å². The molecule has 0 N–H and O–H groups in total. The van der Waals surface area contributed by atoms with Crippen LogP contribution >= 0.6 is 0 Å². The van der Waals surface area contributed by atoms with Crippen LogP contribution in [-0.2, 0) is 14.3 Å². The predicted molar refractivity (Wildman–Crippen MR) is 53.1 cm³/mol. The van der Waals surface area contributed by atoms with Gasteiger partial charge in [0.25, 0.3) is 6.47 Å². The maximum Gasteiger partial charge on any atom is 0.413 e. The summed E-state index contributed by atoms with van der Waals surface area (Å²) in [5.74, 6) is 0. The molecule has 1 amide bonds. The highest BCUT2D eigenvalue weighted by molar-refractivity contribution is 5.68. The lowest BCUT2D eigenvalue weighted by Gasteiger charge is -2.27. The number of amides is 1. The van der Waals surface area contributed by atoms with Crippen LogP contribution in [0, 0.1) is 0 Å². The Hall–Kier alpha value is -1.26. The van der Waals surface area contributed by atoms with Crippen LogP contribution in [-0.4, -0.2) is 35.8 Å². The zero-order valence-electron chi connectivity index (χ0n) is 9.36. The van der Waals surface area contributed by atoms with Crippen molar-refractivity contribution in [2.24, 2.45) is 0 Å². The van der Waals surface area contributed by atoms with Crippen LogP contribution in [0.1, 0.15) is 33.6 Å². The Bertz CT molecular complexity index is 246. The molecule has 0 unspecified atom stereocenters. The third kappa shape index (κ3) is 3.42. The molecule has 0 saturated carbocycles. The Kier molecular flexibility index (Phi) is 3.55. The van der Waals surface area contributed by atoms with Gasteiger partial charge in [0, 0.05) is 13.0 Å². The topological polar surface area (TPSA) is 55.8 Å². The van der Waals surface area contributed by atoms with E-state index in [0.717, 1.165) is 6.42 Å². The van der Waals surface area contributed by atoms with Crippen molar-refractivity contribution < 1.29 is 19.1 Å². The summed E-state index contributed by atoms with van der Waals surface area (Å²) in [6.07, 6.45) is 0.625. The molecule has 1 saturated heterocycles. The Balaban J connectivity index is 2.54. The zero-order valence-corrected chi connectivity index (χ0v) is 9.36. The first-order valence-electron chi connectivity index (χ1n) is 5.03. The van der Waals surface area contributed by atoms with Crippen LogP contribution in [0.15, 0.2) is 0 Å². The minimum atomic E-state index is -0.522. The van der Waals surface area contributed by atoms with Gasteiger partial charge in [-0.25, -0.2) is 4.79 Å². The number of likely N-dealkylation sites (tertiary alicyclic amines) is 1. The SMILES string of the molecule is CC(C)(C)OC(=O)N1CCC[C@@H]1OC=O. The molecule has 0 radical (unpaired) electrons. The second kappa shape index (κ2) is 4.51. The van der Waals surface area contributed by atoms with Crippen molar-refractivity contribution in [3.63, 3.8) is 0 Å². The van der Waals surface area contributed by atoms with E-state index in [2.05, 4.69) is 0 Å². The van der Waals surface area contributed by atoms with Crippen molar-refractivity contribution in [3.8, 4) is 0 Å². The molecule has 0 aromatic rings. The van der Waals surface area contributed by atoms with Gasteiger partial charge in [-0.15, -0.1) is 0 Å². The van der Waals surface area contributed by atoms with Crippen LogP contribution in [0.5, 0.6) is 0 Å². The standard InChI is InChI=1S/C10H17NO4/c1-10(2,3)15-9(13)11-6-4-5-8(11)14-7-12/h7-8H,4-6H2,1-3H3/t8-/m0/s1. The molecule has 0 bridgehead atoms. The van der Waals surface area contributed by atoms with Gasteiger partial charge in [0.15, 0.2) is 6.23 Å². The molecular weight excluding hydrogens is 198 g/mol. The molecule has 5 nitrogen and oxygen atoms in total. The number of hydrogen-bond acceptors (Lipinski definition) is 4. The molecule has 86 valence electrons. The quantitative estimate of drug-likeness (QED) is 0.655. The molecule has 15 heavy (non-hydrogen) atoms. The van der Waals surface area contributed by atoms with Crippen molar-refractivity contribution in [3.05, 3.63) is 0 Å². The van der Waals surface area contributed by atoms with Gasteiger partial charge in [0.2, 0.25) is 0 Å². The van der Waals surface area contributed by atoms with Crippen LogP contribution in [0.4, 0.5) is 4.79 Å². The summed E-state index contributed by atoms with van der Waals surface area (Å²) in [4.78, 5) is 23.3. The highest BCUT2D eigenvalue weighted by Gasteiger charge is 2.33. The van der Waals surface area contributed by atoms with Crippen LogP contribution in [0.3, 0.4) is 0 Å². The fraction of sp³-hybridized carbons (Fsp3) is 0.800. The molecule has 1 aliphatic rings. The summed E-state index contributed by atoms with van der Waals surface area (Å²) in [5, 5.41) is 0. The van der Waals surface area contributed by atoms with Gasteiger partial charge >= 0.3 is 6.09 Å². The van der Waals surface area contributed by atoms with Crippen molar-refractivity contribution >= 4 is 12.6 Å². The summed E-state index contributed by atoms with van der Waals surface area (Å²) in [5.41, 5.74) is -0.522. The maximum absolute atomic E-state index is 11.7. The second-order valence-electron chi connectivity index (χ2n) is 4.50. The van der Waals surface area contributed by atoms with Gasteiger partial charge in [0.05, 0.1) is 0 Å². The van der Waals surface area contributed by atoms with Gasteiger partial charge in [-0.1, -0.05) is 0 Å². The van der Waals surface area contributed by atoms with Crippen LogP contribution < -0.4 is 0 Å². The van der Waals surface area contributed by atoms with Crippen LogP contribution in [0.2, 0.25) is 0 Å². The van der Waals surface area contributed by atoms with E-state index in [1.807, 2.05) is 0 Å². The minimum Gasteiger partial charge on any atom is -0.444 e. The molecular formula is C10H17NO4. The highest BCUT2D eigenvalue weighted by atomic mass is 16.6.